The smallest absolute Gasteiger partial charge is 0.272 e. The lowest BCUT2D eigenvalue weighted by molar-refractivity contribution is 0.0941. The summed E-state index contributed by atoms with van der Waals surface area (Å²) in [5.74, 6) is 1.03. The van der Waals surface area contributed by atoms with E-state index in [1.165, 1.54) is 0 Å². The van der Waals surface area contributed by atoms with Crippen LogP contribution < -0.4 is 10.2 Å². The summed E-state index contributed by atoms with van der Waals surface area (Å²) in [5, 5.41) is 8.34. The number of anilines is 1. The number of para-hydroxylation sites is 1. The molecule has 0 radical (unpaired) electrons. The number of carbonyl (C=O) groups is 1. The molecule has 2 aromatic heterocycles. The Balaban J connectivity index is 1.41. The number of hydrogen-bond donors (Lipinski definition) is 1. The van der Waals surface area contributed by atoms with Crippen molar-refractivity contribution in [3.63, 3.8) is 0 Å². The van der Waals surface area contributed by atoms with Crippen LogP contribution in [-0.2, 0) is 7.05 Å². The van der Waals surface area contributed by atoms with Crippen LogP contribution in [0.5, 0.6) is 0 Å². The first-order chi connectivity index (χ1) is 12.7. The summed E-state index contributed by atoms with van der Waals surface area (Å²) in [6.07, 6.45) is 5.69. The number of benzene rings is 1. The molecule has 7 nitrogen and oxygen atoms in total. The van der Waals surface area contributed by atoms with Crippen LogP contribution in [0.3, 0.4) is 0 Å². The number of piperidine rings is 1. The van der Waals surface area contributed by atoms with E-state index >= 15 is 0 Å². The van der Waals surface area contributed by atoms with Crippen LogP contribution in [-0.4, -0.2) is 45.3 Å². The summed E-state index contributed by atoms with van der Waals surface area (Å²) in [6, 6.07) is 9.61. The predicted molar refractivity (Wildman–Crippen MR) is 100 cm³/mol. The fraction of sp³-hybridized carbons (Fsp3) is 0.368. The van der Waals surface area contributed by atoms with Gasteiger partial charge in [0.25, 0.3) is 5.91 Å². The van der Waals surface area contributed by atoms with Crippen molar-refractivity contribution in [2.24, 2.45) is 13.0 Å². The SMILES string of the molecule is Cn1nc(C(=O)NC[C@H]2CCCN(c3ncccn3)C2)c2ccccc21. The maximum Gasteiger partial charge on any atom is 0.272 e. The van der Waals surface area contributed by atoms with E-state index in [0.29, 0.717) is 18.2 Å². The lowest BCUT2D eigenvalue weighted by Crippen LogP contribution is -2.41. The third kappa shape index (κ3) is 3.24. The first kappa shape index (κ1) is 16.5. The highest BCUT2D eigenvalue weighted by Gasteiger charge is 2.23. The number of fused-ring (bicyclic) bond motifs is 1. The quantitative estimate of drug-likeness (QED) is 0.779. The van der Waals surface area contributed by atoms with E-state index in [2.05, 4.69) is 25.3 Å². The van der Waals surface area contributed by atoms with Crippen LogP contribution in [0.4, 0.5) is 5.95 Å². The maximum absolute atomic E-state index is 12.6. The summed E-state index contributed by atoms with van der Waals surface area (Å²) in [4.78, 5) is 23.5. The van der Waals surface area contributed by atoms with E-state index in [1.54, 1.807) is 17.1 Å². The zero-order chi connectivity index (χ0) is 17.9. The maximum atomic E-state index is 12.6. The van der Waals surface area contributed by atoms with Gasteiger partial charge < -0.3 is 10.2 Å². The number of rotatable bonds is 4. The molecule has 1 amide bonds. The largest absolute Gasteiger partial charge is 0.350 e. The molecule has 1 aliphatic rings. The molecule has 0 aliphatic carbocycles. The Bertz CT molecular complexity index is 907. The molecule has 1 atom stereocenters. The number of carbonyl (C=O) groups excluding carboxylic acids is 1. The van der Waals surface area contributed by atoms with Crippen molar-refractivity contribution >= 4 is 22.8 Å². The zero-order valence-corrected chi connectivity index (χ0v) is 14.8. The molecule has 3 aromatic rings. The number of aromatic nitrogens is 4. The van der Waals surface area contributed by atoms with Gasteiger partial charge in [0.2, 0.25) is 5.95 Å². The molecule has 0 bridgehead atoms. The van der Waals surface area contributed by atoms with Crippen molar-refractivity contribution in [2.45, 2.75) is 12.8 Å². The number of nitrogens with zero attached hydrogens (tertiary/aromatic N) is 5. The van der Waals surface area contributed by atoms with Crippen molar-refractivity contribution in [1.82, 2.24) is 25.1 Å². The fourth-order valence-corrected chi connectivity index (χ4v) is 3.57. The fourth-order valence-electron chi connectivity index (χ4n) is 3.57. The molecule has 1 aromatic carbocycles. The topological polar surface area (TPSA) is 75.9 Å². The van der Waals surface area contributed by atoms with Gasteiger partial charge in [-0.15, -0.1) is 0 Å². The summed E-state index contributed by atoms with van der Waals surface area (Å²) < 4.78 is 1.75. The van der Waals surface area contributed by atoms with E-state index in [9.17, 15) is 4.79 Å². The minimum atomic E-state index is -0.116. The molecule has 4 rings (SSSR count). The third-order valence-corrected chi connectivity index (χ3v) is 4.88. The first-order valence-electron chi connectivity index (χ1n) is 8.94. The van der Waals surface area contributed by atoms with Gasteiger partial charge in [-0.05, 0) is 30.9 Å². The monoisotopic (exact) mass is 350 g/mol. The van der Waals surface area contributed by atoms with Gasteiger partial charge in [0.1, 0.15) is 0 Å². The van der Waals surface area contributed by atoms with Gasteiger partial charge in [-0.1, -0.05) is 18.2 Å². The summed E-state index contributed by atoms with van der Waals surface area (Å²) in [5.41, 5.74) is 1.45. The van der Waals surface area contributed by atoms with Crippen molar-refractivity contribution in [2.75, 3.05) is 24.5 Å². The summed E-state index contributed by atoms with van der Waals surface area (Å²) in [6.45, 7) is 2.44. The van der Waals surface area contributed by atoms with Gasteiger partial charge in [-0.2, -0.15) is 5.10 Å². The average Bonchev–Trinajstić information content (AvgIpc) is 3.04. The Morgan fingerprint density at radius 3 is 2.88 bits per heavy atom. The lowest BCUT2D eigenvalue weighted by atomic mass is 9.98. The van der Waals surface area contributed by atoms with E-state index < -0.39 is 0 Å². The number of nitrogens with one attached hydrogen (secondary N) is 1. The molecule has 1 saturated heterocycles. The van der Waals surface area contributed by atoms with Crippen LogP contribution in [0, 0.1) is 5.92 Å². The molecular formula is C19H22N6O. The molecule has 1 aliphatic heterocycles. The number of aryl methyl sites for hydroxylation is 1. The first-order valence-corrected chi connectivity index (χ1v) is 8.94. The van der Waals surface area contributed by atoms with Gasteiger partial charge >= 0.3 is 0 Å². The van der Waals surface area contributed by atoms with Gasteiger partial charge in [0.05, 0.1) is 5.52 Å². The minimum Gasteiger partial charge on any atom is -0.350 e. The van der Waals surface area contributed by atoms with Gasteiger partial charge in [-0.25, -0.2) is 9.97 Å². The highest BCUT2D eigenvalue weighted by molar-refractivity contribution is 6.04. The van der Waals surface area contributed by atoms with Crippen LogP contribution in [0.1, 0.15) is 23.3 Å². The second-order valence-electron chi connectivity index (χ2n) is 6.70. The molecule has 26 heavy (non-hydrogen) atoms. The number of amides is 1. The van der Waals surface area contributed by atoms with Gasteiger partial charge in [0, 0.05) is 44.5 Å². The van der Waals surface area contributed by atoms with Crippen molar-refractivity contribution in [3.8, 4) is 0 Å². The van der Waals surface area contributed by atoms with Gasteiger partial charge in [0.15, 0.2) is 5.69 Å². The molecule has 7 heteroatoms. The Hall–Kier alpha value is -2.96. The lowest BCUT2D eigenvalue weighted by Gasteiger charge is -2.32. The molecule has 0 spiro atoms. The summed E-state index contributed by atoms with van der Waals surface area (Å²) >= 11 is 0. The van der Waals surface area contributed by atoms with Crippen molar-refractivity contribution < 1.29 is 4.79 Å². The third-order valence-electron chi connectivity index (χ3n) is 4.88. The Morgan fingerprint density at radius 2 is 2.04 bits per heavy atom. The molecule has 1 fully saturated rings. The van der Waals surface area contributed by atoms with Crippen LogP contribution in [0.25, 0.3) is 10.9 Å². The Kier molecular flexibility index (Phi) is 4.51. The molecule has 3 heterocycles. The highest BCUT2D eigenvalue weighted by Crippen LogP contribution is 2.20. The van der Waals surface area contributed by atoms with Crippen molar-refractivity contribution in [3.05, 3.63) is 48.4 Å². The molecular weight excluding hydrogens is 328 g/mol. The molecule has 0 saturated carbocycles. The molecule has 0 unspecified atom stereocenters. The highest BCUT2D eigenvalue weighted by atomic mass is 16.1. The van der Waals surface area contributed by atoms with Crippen LogP contribution in [0.2, 0.25) is 0 Å². The van der Waals surface area contributed by atoms with E-state index in [1.807, 2.05) is 37.4 Å². The second kappa shape index (κ2) is 7.11. The van der Waals surface area contributed by atoms with E-state index in [0.717, 1.165) is 42.8 Å². The average molecular weight is 350 g/mol. The Labute approximate surface area is 152 Å². The second-order valence-corrected chi connectivity index (χ2v) is 6.70. The van der Waals surface area contributed by atoms with Gasteiger partial charge in [-0.3, -0.25) is 9.48 Å². The Morgan fingerprint density at radius 1 is 1.23 bits per heavy atom. The number of hydrogen-bond acceptors (Lipinski definition) is 5. The summed E-state index contributed by atoms with van der Waals surface area (Å²) in [7, 11) is 1.86. The minimum absolute atomic E-state index is 0.116. The van der Waals surface area contributed by atoms with Crippen LogP contribution >= 0.6 is 0 Å². The van der Waals surface area contributed by atoms with E-state index in [-0.39, 0.29) is 5.91 Å². The molecule has 1 N–H and O–H groups in total. The zero-order valence-electron chi connectivity index (χ0n) is 14.8. The van der Waals surface area contributed by atoms with E-state index in [4.69, 9.17) is 0 Å². The van der Waals surface area contributed by atoms with Crippen molar-refractivity contribution in [1.29, 1.82) is 0 Å². The standard InChI is InChI=1S/C19H22N6O/c1-24-16-8-3-2-7-15(16)17(23-24)18(26)22-12-14-6-4-11-25(13-14)19-20-9-5-10-21-19/h2-3,5,7-10,14H,4,6,11-13H2,1H3,(H,22,26)/t14-/m1/s1. The normalized spacial score (nSPS) is 17.4. The van der Waals surface area contributed by atoms with Crippen LogP contribution in [0.15, 0.2) is 42.7 Å². The molecule has 134 valence electrons. The predicted octanol–water partition coefficient (Wildman–Crippen LogP) is 2.01.